The van der Waals surface area contributed by atoms with Gasteiger partial charge in [0.2, 0.25) is 0 Å². The van der Waals surface area contributed by atoms with Crippen molar-refractivity contribution in [1.82, 2.24) is 0 Å². The second-order valence-electron chi connectivity index (χ2n) is 3.57. The van der Waals surface area contributed by atoms with Crippen LogP contribution in [-0.4, -0.2) is 17.7 Å². The second-order valence-corrected chi connectivity index (χ2v) is 4.36. The highest BCUT2D eigenvalue weighted by Gasteiger charge is 2.07. The van der Waals surface area contributed by atoms with E-state index < -0.39 is 5.97 Å². The lowest BCUT2D eigenvalue weighted by molar-refractivity contribution is -0.133. The molecule has 3 nitrogen and oxygen atoms in total. The van der Waals surface area contributed by atoms with Crippen LogP contribution in [0.1, 0.15) is 11.1 Å². The standard InChI is InChI=1S/C12H13BrO3/c1-7-4-10(5-8(2)11(7)13)16-6-9(3)12(14)15/h4-5H,3,6H2,1-2H3,(H,14,15). The highest BCUT2D eigenvalue weighted by atomic mass is 79.9. The molecule has 0 radical (unpaired) electrons. The minimum Gasteiger partial charge on any atom is -0.489 e. The summed E-state index contributed by atoms with van der Waals surface area (Å²) in [6, 6.07) is 3.71. The minimum atomic E-state index is -1.04. The van der Waals surface area contributed by atoms with Gasteiger partial charge in [0.05, 0.1) is 5.57 Å². The van der Waals surface area contributed by atoms with Crippen LogP contribution >= 0.6 is 15.9 Å². The van der Waals surface area contributed by atoms with Crippen molar-refractivity contribution >= 4 is 21.9 Å². The molecule has 0 aliphatic carbocycles. The molecule has 0 heterocycles. The van der Waals surface area contributed by atoms with E-state index in [-0.39, 0.29) is 12.2 Å². The zero-order valence-corrected chi connectivity index (χ0v) is 10.8. The monoisotopic (exact) mass is 284 g/mol. The average molecular weight is 285 g/mol. The maximum Gasteiger partial charge on any atom is 0.334 e. The van der Waals surface area contributed by atoms with Crippen LogP contribution in [0.2, 0.25) is 0 Å². The van der Waals surface area contributed by atoms with Crippen molar-refractivity contribution < 1.29 is 14.6 Å². The van der Waals surface area contributed by atoms with Crippen molar-refractivity contribution in [2.24, 2.45) is 0 Å². The number of aryl methyl sites for hydroxylation is 2. The lowest BCUT2D eigenvalue weighted by Crippen LogP contribution is -2.09. The van der Waals surface area contributed by atoms with Gasteiger partial charge in [-0.25, -0.2) is 4.79 Å². The first-order valence-corrected chi connectivity index (χ1v) is 5.51. The van der Waals surface area contributed by atoms with Gasteiger partial charge in [-0.05, 0) is 37.1 Å². The van der Waals surface area contributed by atoms with Crippen molar-refractivity contribution in [2.75, 3.05) is 6.61 Å². The van der Waals surface area contributed by atoms with E-state index in [9.17, 15) is 4.79 Å². The molecule has 0 fully saturated rings. The highest BCUT2D eigenvalue weighted by molar-refractivity contribution is 9.10. The fourth-order valence-corrected chi connectivity index (χ4v) is 1.45. The van der Waals surface area contributed by atoms with Gasteiger partial charge in [-0.3, -0.25) is 0 Å². The van der Waals surface area contributed by atoms with Crippen molar-refractivity contribution in [3.05, 3.63) is 39.9 Å². The molecule has 4 heteroatoms. The van der Waals surface area contributed by atoms with Gasteiger partial charge in [-0.15, -0.1) is 0 Å². The molecule has 1 N–H and O–H groups in total. The number of halogens is 1. The SMILES string of the molecule is C=C(COc1cc(C)c(Br)c(C)c1)C(=O)O. The first-order valence-electron chi connectivity index (χ1n) is 4.72. The molecule has 0 aliphatic heterocycles. The summed E-state index contributed by atoms with van der Waals surface area (Å²) in [6.45, 7) is 7.30. The smallest absolute Gasteiger partial charge is 0.334 e. The van der Waals surface area contributed by atoms with E-state index in [4.69, 9.17) is 9.84 Å². The molecule has 0 spiro atoms. The predicted octanol–water partition coefficient (Wildman–Crippen LogP) is 3.09. The molecular weight excluding hydrogens is 272 g/mol. The van der Waals surface area contributed by atoms with Crippen LogP contribution in [-0.2, 0) is 4.79 Å². The van der Waals surface area contributed by atoms with Crippen LogP contribution in [0.5, 0.6) is 5.75 Å². The molecule has 0 bridgehead atoms. The molecule has 0 aliphatic rings. The number of rotatable bonds is 4. The van der Waals surface area contributed by atoms with Crippen LogP contribution in [0, 0.1) is 13.8 Å². The third-order valence-electron chi connectivity index (χ3n) is 2.13. The minimum absolute atomic E-state index is 0.00412. The molecule has 1 aromatic rings. The van der Waals surface area contributed by atoms with Crippen molar-refractivity contribution in [2.45, 2.75) is 13.8 Å². The van der Waals surface area contributed by atoms with E-state index in [0.717, 1.165) is 15.6 Å². The van der Waals surface area contributed by atoms with Crippen LogP contribution in [0.25, 0.3) is 0 Å². The van der Waals surface area contributed by atoms with Crippen molar-refractivity contribution in [3.8, 4) is 5.75 Å². The summed E-state index contributed by atoms with van der Waals surface area (Å²) in [4.78, 5) is 10.5. The average Bonchev–Trinajstić information content (AvgIpc) is 2.22. The third kappa shape index (κ3) is 3.10. The lowest BCUT2D eigenvalue weighted by atomic mass is 10.1. The largest absolute Gasteiger partial charge is 0.489 e. The summed E-state index contributed by atoms with van der Waals surface area (Å²) in [5.74, 6) is -0.383. The number of aliphatic carboxylic acids is 1. The molecular formula is C12H13BrO3. The molecule has 1 aromatic carbocycles. The summed E-state index contributed by atoms with van der Waals surface area (Å²) in [5.41, 5.74) is 2.14. The van der Waals surface area contributed by atoms with Crippen LogP contribution in [0.4, 0.5) is 0 Å². The summed E-state index contributed by atoms with van der Waals surface area (Å²) in [7, 11) is 0. The fourth-order valence-electron chi connectivity index (χ4n) is 1.22. The summed E-state index contributed by atoms with van der Waals surface area (Å²) in [6.07, 6.45) is 0. The maximum absolute atomic E-state index is 10.5. The molecule has 1 rings (SSSR count). The molecule has 16 heavy (non-hydrogen) atoms. The topological polar surface area (TPSA) is 46.5 Å². The van der Waals surface area contributed by atoms with Gasteiger partial charge in [0, 0.05) is 4.47 Å². The first kappa shape index (κ1) is 12.8. The number of ether oxygens (including phenoxy) is 1. The van der Waals surface area contributed by atoms with E-state index in [1.807, 2.05) is 26.0 Å². The Labute approximate surface area is 103 Å². The maximum atomic E-state index is 10.5. The Kier molecular flexibility index (Phi) is 4.12. The molecule has 86 valence electrons. The number of carbonyl (C=O) groups is 1. The van der Waals surface area contributed by atoms with E-state index in [1.54, 1.807) is 0 Å². The van der Waals surface area contributed by atoms with E-state index in [0.29, 0.717) is 5.75 Å². The Morgan fingerprint density at radius 3 is 2.38 bits per heavy atom. The summed E-state index contributed by atoms with van der Waals surface area (Å²) >= 11 is 3.45. The van der Waals surface area contributed by atoms with E-state index in [2.05, 4.69) is 22.5 Å². The van der Waals surface area contributed by atoms with E-state index in [1.165, 1.54) is 0 Å². The third-order valence-corrected chi connectivity index (χ3v) is 3.38. The zero-order chi connectivity index (χ0) is 12.3. The summed E-state index contributed by atoms with van der Waals surface area (Å²) < 4.78 is 6.38. The van der Waals surface area contributed by atoms with Gasteiger partial charge in [0.15, 0.2) is 0 Å². The molecule has 0 aromatic heterocycles. The fraction of sp³-hybridized carbons (Fsp3) is 0.250. The Morgan fingerprint density at radius 2 is 1.94 bits per heavy atom. The number of hydrogen-bond acceptors (Lipinski definition) is 2. The van der Waals surface area contributed by atoms with Crippen LogP contribution in [0.15, 0.2) is 28.8 Å². The molecule has 0 atom stereocenters. The van der Waals surface area contributed by atoms with Crippen LogP contribution < -0.4 is 4.74 Å². The Hall–Kier alpha value is -1.29. The van der Waals surface area contributed by atoms with Gasteiger partial charge in [0.25, 0.3) is 0 Å². The normalized spacial score (nSPS) is 9.94. The second kappa shape index (κ2) is 5.16. The van der Waals surface area contributed by atoms with Gasteiger partial charge >= 0.3 is 5.97 Å². The number of hydrogen-bond donors (Lipinski definition) is 1. The van der Waals surface area contributed by atoms with Gasteiger partial charge < -0.3 is 9.84 Å². The number of carboxylic acid groups (broad SMARTS) is 1. The van der Waals surface area contributed by atoms with Gasteiger partial charge in [-0.1, -0.05) is 22.5 Å². The van der Waals surface area contributed by atoms with Gasteiger partial charge in [0.1, 0.15) is 12.4 Å². The number of carboxylic acids is 1. The highest BCUT2D eigenvalue weighted by Crippen LogP contribution is 2.26. The van der Waals surface area contributed by atoms with Gasteiger partial charge in [-0.2, -0.15) is 0 Å². The van der Waals surface area contributed by atoms with Crippen molar-refractivity contribution in [1.29, 1.82) is 0 Å². The lowest BCUT2D eigenvalue weighted by Gasteiger charge is -2.09. The zero-order valence-electron chi connectivity index (χ0n) is 9.21. The Morgan fingerprint density at radius 1 is 1.44 bits per heavy atom. The molecule has 0 unspecified atom stereocenters. The van der Waals surface area contributed by atoms with Crippen LogP contribution in [0.3, 0.4) is 0 Å². The summed E-state index contributed by atoms with van der Waals surface area (Å²) in [5, 5.41) is 8.63. The van der Waals surface area contributed by atoms with Crippen molar-refractivity contribution in [3.63, 3.8) is 0 Å². The molecule has 0 saturated heterocycles. The Balaban J connectivity index is 2.76. The first-order chi connectivity index (χ1) is 7.41. The molecule has 0 saturated carbocycles. The Bertz CT molecular complexity index is 415. The molecule has 0 amide bonds. The predicted molar refractivity (Wildman–Crippen MR) is 65.9 cm³/mol. The quantitative estimate of drug-likeness (QED) is 0.865. The van der Waals surface area contributed by atoms with E-state index >= 15 is 0 Å². The number of benzene rings is 1.